The number of carbonyl (C=O) groups is 4. The lowest BCUT2D eigenvalue weighted by molar-refractivity contribution is -0.163. The van der Waals surface area contributed by atoms with Crippen LogP contribution in [0, 0.1) is 11.8 Å². The summed E-state index contributed by atoms with van der Waals surface area (Å²) in [5.74, 6) is -4.10. The van der Waals surface area contributed by atoms with Crippen LogP contribution in [-0.2, 0) is 40.1 Å². The van der Waals surface area contributed by atoms with E-state index in [0.29, 0.717) is 23.0 Å². The third kappa shape index (κ3) is 5.76. The zero-order valence-corrected chi connectivity index (χ0v) is 27.8. The topological polar surface area (TPSA) is 165 Å². The molecule has 2 saturated heterocycles. The van der Waals surface area contributed by atoms with Crippen LogP contribution in [0.1, 0.15) is 31.4 Å². The number of aromatic nitrogens is 3. The zero-order chi connectivity index (χ0) is 35.0. The molecule has 262 valence electrons. The van der Waals surface area contributed by atoms with Crippen molar-refractivity contribution in [2.75, 3.05) is 26.9 Å². The average molecular weight is 685 g/mol. The van der Waals surface area contributed by atoms with E-state index in [1.807, 2.05) is 36.4 Å². The van der Waals surface area contributed by atoms with E-state index < -0.39 is 72.2 Å². The maximum Gasteiger partial charge on any atom is 0.313 e. The smallest absolute Gasteiger partial charge is 0.313 e. The van der Waals surface area contributed by atoms with Crippen molar-refractivity contribution in [2.45, 2.75) is 62.4 Å². The van der Waals surface area contributed by atoms with Gasteiger partial charge in [-0.3, -0.25) is 19.2 Å². The number of likely N-dealkylation sites (tertiary alicyclic amines) is 1. The highest BCUT2D eigenvalue weighted by Crippen LogP contribution is 2.56. The first-order valence-corrected chi connectivity index (χ1v) is 16.8. The summed E-state index contributed by atoms with van der Waals surface area (Å²) in [6.07, 6.45) is 5.76. The van der Waals surface area contributed by atoms with Crippen LogP contribution in [-0.4, -0.2) is 110 Å². The molecule has 50 heavy (non-hydrogen) atoms. The number of benzene rings is 2. The molecule has 0 saturated carbocycles. The van der Waals surface area contributed by atoms with Gasteiger partial charge in [0.15, 0.2) is 0 Å². The van der Waals surface area contributed by atoms with E-state index in [4.69, 9.17) is 14.2 Å². The van der Waals surface area contributed by atoms with Gasteiger partial charge in [-0.15, -0.1) is 5.10 Å². The van der Waals surface area contributed by atoms with E-state index in [2.05, 4.69) is 15.6 Å². The summed E-state index contributed by atoms with van der Waals surface area (Å²) in [4.78, 5) is 59.8. The molecule has 1 spiro atoms. The standard InChI is InChI=1S/C36H40N6O8/c1-22(19-43)42-32-34(46)40(21-41-26-14-9-8-13-24(26)38-39-41)18-10-4-7-15-28(44)37-25(20-48-2)31(23-11-5-3-6-12-23)49-35(47)29-27-16-17-36(32,50-27)30(29)33(42)45/h3-6,8-14,16-17,22,25,27,29-32,43H,7,15,18-21H2,1-2H3,(H,37,44)/b10-4-/t22-,25+,27-,29+,30+,31+,32-,36+/m1/s1. The predicted octanol–water partition coefficient (Wildman–Crippen LogP) is 1.51. The predicted molar refractivity (Wildman–Crippen MR) is 178 cm³/mol. The number of ether oxygens (including phenoxy) is 3. The van der Waals surface area contributed by atoms with Crippen molar-refractivity contribution in [3.63, 3.8) is 0 Å². The van der Waals surface area contributed by atoms with Gasteiger partial charge in [0.05, 0.1) is 42.8 Å². The molecule has 3 amide bonds. The van der Waals surface area contributed by atoms with Gasteiger partial charge in [0.2, 0.25) is 11.8 Å². The second-order valence-corrected chi connectivity index (χ2v) is 13.2. The number of para-hydroxylation sites is 1. The Balaban J connectivity index is 1.31. The van der Waals surface area contributed by atoms with E-state index in [-0.39, 0.29) is 32.1 Å². The van der Waals surface area contributed by atoms with Crippen LogP contribution in [0.25, 0.3) is 11.0 Å². The summed E-state index contributed by atoms with van der Waals surface area (Å²) in [5.41, 5.74) is 0.505. The molecular formula is C36H40N6O8. The number of esters is 1. The fraction of sp³-hybridized carbons (Fsp3) is 0.444. The van der Waals surface area contributed by atoms with Crippen molar-refractivity contribution < 1.29 is 38.5 Å². The summed E-state index contributed by atoms with van der Waals surface area (Å²) < 4.78 is 19.8. The van der Waals surface area contributed by atoms with Crippen molar-refractivity contribution in [1.29, 1.82) is 0 Å². The molecular weight excluding hydrogens is 644 g/mol. The summed E-state index contributed by atoms with van der Waals surface area (Å²) in [5, 5.41) is 21.8. The second kappa shape index (κ2) is 13.8. The SMILES string of the molecule is COC[C@@H]1NC(=O)CC/C=C\CN(Cn2nnc3ccccc32)C(=O)[C@H]2N([C@H](C)CO)C(=O)[C@@H]3[C@@H](C(=O)O[C@H]1c1ccccc1)[C@H]1C=C[C@]32O1. The molecule has 0 unspecified atom stereocenters. The molecule has 2 aromatic carbocycles. The molecule has 4 aliphatic rings. The molecule has 2 N–H and O–H groups in total. The van der Waals surface area contributed by atoms with Crippen molar-refractivity contribution >= 4 is 34.7 Å². The number of hydrogen-bond acceptors (Lipinski definition) is 10. The Labute approximate surface area is 288 Å². The monoisotopic (exact) mass is 684 g/mol. The van der Waals surface area contributed by atoms with Gasteiger partial charge >= 0.3 is 5.97 Å². The Hall–Kier alpha value is -4.92. The summed E-state index contributed by atoms with van der Waals surface area (Å²) in [6, 6.07) is 13.7. The first-order valence-electron chi connectivity index (χ1n) is 16.8. The van der Waals surface area contributed by atoms with Crippen LogP contribution in [0.2, 0.25) is 0 Å². The lowest BCUT2D eigenvalue weighted by atomic mass is 9.74. The highest BCUT2D eigenvalue weighted by atomic mass is 16.6. The van der Waals surface area contributed by atoms with Crippen LogP contribution in [0.5, 0.6) is 0 Å². The Kier molecular flexibility index (Phi) is 9.24. The average Bonchev–Trinajstić information content (AvgIpc) is 3.88. The number of carbonyl (C=O) groups excluding carboxylic acids is 4. The molecule has 0 aliphatic carbocycles. The van der Waals surface area contributed by atoms with Gasteiger partial charge in [0.25, 0.3) is 5.91 Å². The number of fused-ring (bicyclic) bond motifs is 3. The zero-order valence-electron chi connectivity index (χ0n) is 27.8. The summed E-state index contributed by atoms with van der Waals surface area (Å²) in [7, 11) is 1.50. The lowest BCUT2D eigenvalue weighted by Gasteiger charge is -2.37. The van der Waals surface area contributed by atoms with Crippen molar-refractivity contribution in [2.24, 2.45) is 11.8 Å². The highest BCUT2D eigenvalue weighted by molar-refractivity contribution is 5.99. The van der Waals surface area contributed by atoms with E-state index in [0.717, 1.165) is 0 Å². The second-order valence-electron chi connectivity index (χ2n) is 13.2. The molecule has 14 nitrogen and oxygen atoms in total. The maximum atomic E-state index is 14.9. The van der Waals surface area contributed by atoms with Crippen LogP contribution >= 0.6 is 0 Å². The number of nitrogens with one attached hydrogen (secondary N) is 1. The number of allylic oxidation sites excluding steroid dienone is 1. The molecule has 5 heterocycles. The number of methoxy groups -OCH3 is 1. The summed E-state index contributed by atoms with van der Waals surface area (Å²) >= 11 is 0. The van der Waals surface area contributed by atoms with Gasteiger partial charge in [-0.2, -0.15) is 0 Å². The number of amides is 3. The van der Waals surface area contributed by atoms with Crippen molar-refractivity contribution in [3.8, 4) is 0 Å². The fourth-order valence-electron chi connectivity index (χ4n) is 7.72. The number of cyclic esters (lactones) is 1. The maximum absolute atomic E-state index is 14.9. The lowest BCUT2D eigenvalue weighted by Crippen LogP contribution is -2.58. The molecule has 2 fully saturated rings. The summed E-state index contributed by atoms with van der Waals surface area (Å²) in [6.45, 7) is 1.40. The van der Waals surface area contributed by atoms with Crippen LogP contribution in [0.3, 0.4) is 0 Å². The molecule has 8 atom stereocenters. The minimum atomic E-state index is -1.49. The Morgan fingerprint density at radius 2 is 1.84 bits per heavy atom. The van der Waals surface area contributed by atoms with Crippen LogP contribution < -0.4 is 5.32 Å². The molecule has 5 bridgehead atoms. The number of aliphatic hydroxyl groups is 1. The first kappa shape index (κ1) is 33.6. The van der Waals surface area contributed by atoms with Crippen LogP contribution in [0.15, 0.2) is 78.9 Å². The van der Waals surface area contributed by atoms with E-state index in [1.54, 1.807) is 54.1 Å². The van der Waals surface area contributed by atoms with E-state index in [9.17, 15) is 24.3 Å². The van der Waals surface area contributed by atoms with Gasteiger partial charge in [-0.05, 0) is 31.0 Å². The molecule has 4 aliphatic heterocycles. The van der Waals surface area contributed by atoms with Gasteiger partial charge in [-0.1, -0.05) is 72.0 Å². The molecule has 14 heteroatoms. The molecule has 1 aromatic heterocycles. The fourth-order valence-corrected chi connectivity index (χ4v) is 7.72. The van der Waals surface area contributed by atoms with Gasteiger partial charge in [0.1, 0.15) is 35.9 Å². The van der Waals surface area contributed by atoms with Gasteiger partial charge < -0.3 is 34.4 Å². The van der Waals surface area contributed by atoms with Crippen molar-refractivity contribution in [3.05, 3.63) is 84.5 Å². The first-order chi connectivity index (χ1) is 24.3. The largest absolute Gasteiger partial charge is 0.455 e. The number of aliphatic hydroxyl groups excluding tert-OH is 1. The number of nitrogens with zero attached hydrogens (tertiary/aromatic N) is 5. The minimum Gasteiger partial charge on any atom is -0.455 e. The normalized spacial score (nSPS) is 31.2. The molecule has 0 radical (unpaired) electrons. The third-order valence-corrected chi connectivity index (χ3v) is 10.1. The Bertz CT molecular complexity index is 1830. The Morgan fingerprint density at radius 1 is 1.06 bits per heavy atom. The number of hydrogen-bond donors (Lipinski definition) is 2. The van der Waals surface area contributed by atoms with E-state index >= 15 is 0 Å². The van der Waals surface area contributed by atoms with E-state index in [1.165, 1.54) is 16.9 Å². The Morgan fingerprint density at radius 3 is 2.62 bits per heavy atom. The quantitative estimate of drug-likeness (QED) is 0.275. The van der Waals surface area contributed by atoms with Crippen LogP contribution in [0.4, 0.5) is 0 Å². The number of rotatable bonds is 7. The van der Waals surface area contributed by atoms with Gasteiger partial charge in [0, 0.05) is 20.1 Å². The molecule has 7 rings (SSSR count). The van der Waals surface area contributed by atoms with Crippen molar-refractivity contribution in [1.82, 2.24) is 30.1 Å². The minimum absolute atomic E-state index is 0.00692. The molecule has 3 aromatic rings. The third-order valence-electron chi connectivity index (χ3n) is 10.1. The van der Waals surface area contributed by atoms with Gasteiger partial charge in [-0.25, -0.2) is 4.68 Å². The highest BCUT2D eigenvalue weighted by Gasteiger charge is 2.74.